The van der Waals surface area contributed by atoms with E-state index in [-0.39, 0.29) is 40.8 Å². The summed E-state index contributed by atoms with van der Waals surface area (Å²) in [6.07, 6.45) is 0.0779. The van der Waals surface area contributed by atoms with Crippen molar-refractivity contribution in [3.8, 4) is 6.07 Å². The number of benzene rings is 2. The first kappa shape index (κ1) is 28.0. The van der Waals surface area contributed by atoms with Gasteiger partial charge in [0, 0.05) is 47.8 Å². The van der Waals surface area contributed by atoms with E-state index in [4.69, 9.17) is 11.6 Å². The number of alkyl halides is 2. The fourth-order valence-corrected chi connectivity index (χ4v) is 5.26. The number of aromatic nitrogens is 2. The molecule has 2 atom stereocenters. The monoisotopic (exact) mass is 582 g/mol. The summed E-state index contributed by atoms with van der Waals surface area (Å²) in [4.78, 5) is 51.3. The van der Waals surface area contributed by atoms with Crippen molar-refractivity contribution in [2.24, 2.45) is 0 Å². The van der Waals surface area contributed by atoms with Crippen LogP contribution in [-0.4, -0.2) is 45.7 Å². The molecule has 41 heavy (non-hydrogen) atoms. The zero-order valence-corrected chi connectivity index (χ0v) is 22.1. The number of halogens is 4. The number of hydrogen-bond acceptors (Lipinski definition) is 6. The molecule has 3 aromatic rings. The zero-order valence-electron chi connectivity index (χ0n) is 21.3. The molecular weight excluding hydrogens is 561 g/mol. The first-order valence-corrected chi connectivity index (χ1v) is 13.0. The molecule has 210 valence electrons. The smallest absolute Gasteiger partial charge is 0.252 e. The summed E-state index contributed by atoms with van der Waals surface area (Å²) in [5.41, 5.74) is 0.0995. The molecule has 1 aromatic heterocycles. The van der Waals surface area contributed by atoms with E-state index in [1.54, 1.807) is 12.1 Å². The van der Waals surface area contributed by atoms with Gasteiger partial charge in [-0.3, -0.25) is 24.2 Å². The maximum atomic E-state index is 14.5. The molecule has 13 heteroatoms. The Morgan fingerprint density at radius 1 is 1.17 bits per heavy atom. The number of nitrogens with one attached hydrogen (secondary N) is 1. The van der Waals surface area contributed by atoms with Crippen molar-refractivity contribution in [3.05, 3.63) is 82.9 Å². The molecule has 2 aliphatic rings. The number of hydrogen-bond donors (Lipinski definition) is 1. The Morgan fingerprint density at radius 2 is 1.93 bits per heavy atom. The Kier molecular flexibility index (Phi) is 7.64. The summed E-state index contributed by atoms with van der Waals surface area (Å²) < 4.78 is 41.6. The van der Waals surface area contributed by atoms with Crippen LogP contribution >= 0.6 is 11.6 Å². The molecular formula is C28H22ClF3N6O3. The van der Waals surface area contributed by atoms with Crippen molar-refractivity contribution in [2.45, 2.75) is 49.7 Å². The van der Waals surface area contributed by atoms with Gasteiger partial charge >= 0.3 is 0 Å². The molecule has 0 spiro atoms. The Balaban J connectivity index is 1.61. The second-order valence-corrected chi connectivity index (χ2v) is 10.2. The summed E-state index contributed by atoms with van der Waals surface area (Å²) in [6, 6.07) is 10.7. The minimum atomic E-state index is -2.92. The van der Waals surface area contributed by atoms with Gasteiger partial charge in [-0.15, -0.1) is 0 Å². The van der Waals surface area contributed by atoms with Crippen LogP contribution in [0.4, 0.5) is 24.8 Å². The van der Waals surface area contributed by atoms with Crippen LogP contribution in [-0.2, 0) is 14.4 Å². The van der Waals surface area contributed by atoms with Crippen LogP contribution in [0, 0.1) is 17.1 Å². The van der Waals surface area contributed by atoms with Crippen molar-refractivity contribution in [1.29, 1.82) is 5.26 Å². The molecule has 1 aliphatic heterocycles. The second-order valence-electron chi connectivity index (χ2n) is 9.75. The highest BCUT2D eigenvalue weighted by Gasteiger charge is 2.48. The standard InChI is InChI=1S/C28H22ClF3N6O3/c29-21-7-2-1-6-20(21)24(25(40)35-18-13-28(31,32)14-18)37(19-5-3-4-16(30)12-19)26(41)22-8-9-23(39)38(22)27-34-11-10-17(15-33)36-27/h1-7,10-12,18,22,24H,8-9,13-14H2,(H,35,40)/t22-,24?/m0/s1. The van der Waals surface area contributed by atoms with E-state index >= 15 is 0 Å². The van der Waals surface area contributed by atoms with E-state index < -0.39 is 60.4 Å². The molecule has 2 fully saturated rings. The van der Waals surface area contributed by atoms with Crippen LogP contribution in [0.15, 0.2) is 60.8 Å². The predicted molar refractivity (Wildman–Crippen MR) is 141 cm³/mol. The Labute approximate surface area is 237 Å². The van der Waals surface area contributed by atoms with Crippen LogP contribution in [0.25, 0.3) is 0 Å². The highest BCUT2D eigenvalue weighted by molar-refractivity contribution is 6.31. The number of carbonyl (C=O) groups is 3. The Morgan fingerprint density at radius 3 is 2.61 bits per heavy atom. The Bertz CT molecular complexity index is 1560. The fraction of sp³-hybridized carbons (Fsp3) is 0.286. The van der Waals surface area contributed by atoms with E-state index in [0.717, 1.165) is 21.9 Å². The highest BCUT2D eigenvalue weighted by atomic mass is 35.5. The molecule has 1 unspecified atom stereocenters. The predicted octanol–water partition coefficient (Wildman–Crippen LogP) is 4.32. The molecule has 1 aliphatic carbocycles. The van der Waals surface area contributed by atoms with E-state index in [0.29, 0.717) is 0 Å². The van der Waals surface area contributed by atoms with Gasteiger partial charge in [0.1, 0.15) is 29.7 Å². The molecule has 1 saturated heterocycles. The van der Waals surface area contributed by atoms with E-state index in [2.05, 4.69) is 15.3 Å². The lowest BCUT2D eigenvalue weighted by Crippen LogP contribution is -2.56. The van der Waals surface area contributed by atoms with Crippen LogP contribution in [0.5, 0.6) is 0 Å². The first-order valence-electron chi connectivity index (χ1n) is 12.6. The zero-order chi connectivity index (χ0) is 29.3. The van der Waals surface area contributed by atoms with E-state index in [1.165, 1.54) is 36.5 Å². The lowest BCUT2D eigenvalue weighted by molar-refractivity contribution is -0.133. The molecule has 2 aromatic carbocycles. The molecule has 0 bridgehead atoms. The van der Waals surface area contributed by atoms with Crippen molar-refractivity contribution in [3.63, 3.8) is 0 Å². The number of rotatable bonds is 7. The van der Waals surface area contributed by atoms with Gasteiger partial charge in [0.15, 0.2) is 0 Å². The molecule has 1 saturated carbocycles. The number of anilines is 2. The number of nitriles is 1. The average Bonchev–Trinajstić information content (AvgIpc) is 3.32. The van der Waals surface area contributed by atoms with Crippen LogP contribution in [0.1, 0.15) is 43.0 Å². The summed E-state index contributed by atoms with van der Waals surface area (Å²) in [5.74, 6) is -5.89. The fourth-order valence-electron chi connectivity index (χ4n) is 5.02. The third-order valence-corrected chi connectivity index (χ3v) is 7.28. The molecule has 0 radical (unpaired) electrons. The minimum absolute atomic E-state index is 0.00926. The number of amides is 3. The first-order chi connectivity index (χ1) is 19.6. The quantitative estimate of drug-likeness (QED) is 0.443. The summed E-state index contributed by atoms with van der Waals surface area (Å²) in [7, 11) is 0. The normalized spacial score (nSPS) is 18.8. The summed E-state index contributed by atoms with van der Waals surface area (Å²) >= 11 is 6.47. The largest absolute Gasteiger partial charge is 0.351 e. The van der Waals surface area contributed by atoms with Gasteiger partial charge in [0.2, 0.25) is 17.8 Å². The van der Waals surface area contributed by atoms with Crippen molar-refractivity contribution in [1.82, 2.24) is 15.3 Å². The second kappa shape index (κ2) is 11.2. The summed E-state index contributed by atoms with van der Waals surface area (Å²) in [6.45, 7) is 0. The van der Waals surface area contributed by atoms with Crippen LogP contribution in [0.3, 0.4) is 0 Å². The highest BCUT2D eigenvalue weighted by Crippen LogP contribution is 2.39. The van der Waals surface area contributed by atoms with Crippen molar-refractivity contribution in [2.75, 3.05) is 9.80 Å². The maximum absolute atomic E-state index is 14.5. The maximum Gasteiger partial charge on any atom is 0.252 e. The number of carbonyl (C=O) groups excluding carboxylic acids is 3. The topological polar surface area (TPSA) is 119 Å². The van der Waals surface area contributed by atoms with E-state index in [9.17, 15) is 32.8 Å². The van der Waals surface area contributed by atoms with Crippen molar-refractivity contribution >= 4 is 41.0 Å². The molecule has 1 N–H and O–H groups in total. The van der Waals surface area contributed by atoms with Crippen LogP contribution in [0.2, 0.25) is 5.02 Å². The van der Waals surface area contributed by atoms with Crippen LogP contribution < -0.4 is 15.1 Å². The molecule has 3 amide bonds. The van der Waals surface area contributed by atoms with Crippen molar-refractivity contribution < 1.29 is 27.6 Å². The SMILES string of the molecule is N#Cc1ccnc(N2C(=O)CC[C@H]2C(=O)N(c2cccc(F)c2)C(C(=O)NC2CC(F)(F)C2)c2ccccc2Cl)n1. The Hall–Kier alpha value is -4.50. The van der Waals surface area contributed by atoms with Gasteiger partial charge in [-0.1, -0.05) is 35.9 Å². The van der Waals surface area contributed by atoms with Gasteiger partial charge in [0.05, 0.1) is 0 Å². The third-order valence-electron chi connectivity index (χ3n) is 6.94. The minimum Gasteiger partial charge on any atom is -0.351 e. The molecule has 9 nitrogen and oxygen atoms in total. The molecule has 5 rings (SSSR count). The van der Waals surface area contributed by atoms with Gasteiger partial charge in [0.25, 0.3) is 11.8 Å². The van der Waals surface area contributed by atoms with E-state index in [1.807, 2.05) is 6.07 Å². The van der Waals surface area contributed by atoms with Gasteiger partial charge in [-0.25, -0.2) is 23.1 Å². The van der Waals surface area contributed by atoms with Gasteiger partial charge in [-0.2, -0.15) is 5.26 Å². The molecule has 2 heterocycles. The average molecular weight is 583 g/mol. The van der Waals surface area contributed by atoms with Gasteiger partial charge < -0.3 is 5.32 Å². The lowest BCUT2D eigenvalue weighted by Gasteiger charge is -2.39. The third kappa shape index (κ3) is 5.71. The summed E-state index contributed by atoms with van der Waals surface area (Å²) in [5, 5.41) is 11.9. The van der Waals surface area contributed by atoms with Gasteiger partial charge in [-0.05, 0) is 36.8 Å². The number of nitrogens with zero attached hydrogens (tertiary/aromatic N) is 5. The lowest BCUT2D eigenvalue weighted by atomic mass is 9.87.